The fraction of sp³-hybridized carbons (Fsp3) is 0.778. The number of hydrogen-bond donors (Lipinski definition) is 2. The van der Waals surface area contributed by atoms with Gasteiger partial charge in [0.1, 0.15) is 0 Å². The molecule has 1 saturated heterocycles. The van der Waals surface area contributed by atoms with Gasteiger partial charge < -0.3 is 15.2 Å². The van der Waals surface area contributed by atoms with E-state index in [-0.39, 0.29) is 0 Å². The Labute approximate surface area is 83.7 Å². The van der Waals surface area contributed by atoms with Crippen molar-refractivity contribution < 1.29 is 9.84 Å². The molecule has 0 aromatic rings. The number of hydrogen-bond acceptors (Lipinski definition) is 3. The second-order valence-electron chi connectivity index (χ2n) is 3.46. The average molecular weight is 206 g/mol. The van der Waals surface area contributed by atoms with Crippen LogP contribution in [0.3, 0.4) is 0 Å². The van der Waals surface area contributed by atoms with Crippen molar-refractivity contribution in [1.29, 1.82) is 0 Å². The van der Waals surface area contributed by atoms with Crippen LogP contribution in [0.5, 0.6) is 0 Å². The molecule has 0 amide bonds. The van der Waals surface area contributed by atoms with Crippen molar-refractivity contribution in [3.05, 3.63) is 11.6 Å². The minimum Gasteiger partial charge on any atom is -0.388 e. The second kappa shape index (κ2) is 4.96. The number of nitrogens with one attached hydrogen (secondary N) is 1. The molecule has 0 unspecified atom stereocenters. The topological polar surface area (TPSA) is 41.5 Å². The first-order chi connectivity index (χ1) is 6.12. The van der Waals surface area contributed by atoms with E-state index in [1.165, 1.54) is 0 Å². The molecule has 1 heterocycles. The van der Waals surface area contributed by atoms with Gasteiger partial charge in [-0.15, -0.1) is 0 Å². The normalized spacial score (nSPS) is 21.4. The number of aliphatic hydroxyl groups is 1. The molecule has 0 atom stereocenters. The van der Waals surface area contributed by atoms with Gasteiger partial charge in [-0.2, -0.15) is 0 Å². The van der Waals surface area contributed by atoms with Gasteiger partial charge in [-0.3, -0.25) is 0 Å². The minimum absolute atomic E-state index is 0.546. The van der Waals surface area contributed by atoms with Gasteiger partial charge in [0.05, 0.1) is 5.60 Å². The van der Waals surface area contributed by atoms with Crippen LogP contribution < -0.4 is 5.32 Å². The molecule has 0 radical (unpaired) electrons. The van der Waals surface area contributed by atoms with Crippen molar-refractivity contribution in [1.82, 2.24) is 5.32 Å². The molecule has 3 nitrogen and oxygen atoms in total. The molecule has 13 heavy (non-hydrogen) atoms. The van der Waals surface area contributed by atoms with Crippen molar-refractivity contribution in [2.45, 2.75) is 18.4 Å². The Kier molecular flexibility index (Phi) is 4.19. The van der Waals surface area contributed by atoms with Gasteiger partial charge in [0.2, 0.25) is 0 Å². The van der Waals surface area contributed by atoms with E-state index in [2.05, 4.69) is 11.9 Å². The highest BCUT2D eigenvalue weighted by Crippen LogP contribution is 2.19. The smallest absolute Gasteiger partial charge is 0.0815 e. The zero-order valence-corrected chi connectivity index (χ0v) is 8.44. The highest BCUT2D eigenvalue weighted by atomic mass is 35.5. The zero-order valence-electron chi connectivity index (χ0n) is 7.68. The molecule has 76 valence electrons. The Morgan fingerprint density at radius 3 is 2.69 bits per heavy atom. The second-order valence-corrected chi connectivity index (χ2v) is 3.99. The van der Waals surface area contributed by atoms with Gasteiger partial charge in [-0.1, -0.05) is 18.2 Å². The molecule has 0 bridgehead atoms. The molecule has 1 fully saturated rings. The van der Waals surface area contributed by atoms with E-state index in [0.717, 1.165) is 0 Å². The maximum Gasteiger partial charge on any atom is 0.0815 e. The summed E-state index contributed by atoms with van der Waals surface area (Å²) in [6.45, 7) is 5.94. The number of halogens is 1. The van der Waals surface area contributed by atoms with Crippen molar-refractivity contribution >= 4 is 11.6 Å². The third-order valence-electron chi connectivity index (χ3n) is 2.19. The van der Waals surface area contributed by atoms with E-state index in [0.29, 0.717) is 44.2 Å². The Balaban J connectivity index is 2.21. The first kappa shape index (κ1) is 11.0. The summed E-state index contributed by atoms with van der Waals surface area (Å²) in [7, 11) is 0. The van der Waals surface area contributed by atoms with E-state index < -0.39 is 5.60 Å². The van der Waals surface area contributed by atoms with Gasteiger partial charge >= 0.3 is 0 Å². The molecule has 1 rings (SSSR count). The van der Waals surface area contributed by atoms with Gasteiger partial charge in [0.25, 0.3) is 0 Å². The molecule has 1 aliphatic rings. The molecule has 0 saturated carbocycles. The summed E-state index contributed by atoms with van der Waals surface area (Å²) in [5.74, 6) is 0. The van der Waals surface area contributed by atoms with E-state index >= 15 is 0 Å². The minimum atomic E-state index is -0.620. The molecule has 4 heteroatoms. The van der Waals surface area contributed by atoms with E-state index in [1.807, 2.05) is 0 Å². The Morgan fingerprint density at radius 1 is 1.54 bits per heavy atom. The maximum atomic E-state index is 9.97. The van der Waals surface area contributed by atoms with Crippen LogP contribution in [0.4, 0.5) is 0 Å². The third kappa shape index (κ3) is 4.09. The summed E-state index contributed by atoms with van der Waals surface area (Å²) in [5, 5.41) is 13.6. The summed E-state index contributed by atoms with van der Waals surface area (Å²) >= 11 is 5.58. The highest BCUT2D eigenvalue weighted by Gasteiger charge is 2.28. The van der Waals surface area contributed by atoms with Gasteiger partial charge in [0.15, 0.2) is 0 Å². The van der Waals surface area contributed by atoms with E-state index in [9.17, 15) is 5.11 Å². The molecule has 0 aromatic heterocycles. The summed E-state index contributed by atoms with van der Waals surface area (Å²) < 4.78 is 5.16. The quantitative estimate of drug-likeness (QED) is 0.716. The monoisotopic (exact) mass is 205 g/mol. The van der Waals surface area contributed by atoms with Gasteiger partial charge in [-0.05, 0) is 0 Å². The lowest BCUT2D eigenvalue weighted by atomic mass is 9.94. The molecule has 0 spiro atoms. The first-order valence-electron chi connectivity index (χ1n) is 4.46. The number of rotatable bonds is 4. The van der Waals surface area contributed by atoms with Gasteiger partial charge in [-0.25, -0.2) is 0 Å². The standard InChI is InChI=1S/C9H16ClNO2/c1-8(10)6-11-7-9(12)2-4-13-5-3-9/h11-12H,1-7H2. The van der Waals surface area contributed by atoms with Crippen molar-refractivity contribution in [3.8, 4) is 0 Å². The molecule has 1 aliphatic heterocycles. The lowest BCUT2D eigenvalue weighted by molar-refractivity contribution is -0.0611. The fourth-order valence-corrected chi connectivity index (χ4v) is 1.45. The van der Waals surface area contributed by atoms with Gasteiger partial charge in [0, 0.05) is 44.2 Å². The molecule has 0 aromatic carbocycles. The summed E-state index contributed by atoms with van der Waals surface area (Å²) in [4.78, 5) is 0. The van der Waals surface area contributed by atoms with Crippen molar-refractivity contribution in [2.24, 2.45) is 0 Å². The molecule has 2 N–H and O–H groups in total. The van der Waals surface area contributed by atoms with Crippen LogP contribution in [0, 0.1) is 0 Å². The molecular formula is C9H16ClNO2. The van der Waals surface area contributed by atoms with Crippen LogP contribution in [0.2, 0.25) is 0 Å². The van der Waals surface area contributed by atoms with Crippen LogP contribution in [-0.2, 0) is 4.74 Å². The van der Waals surface area contributed by atoms with Crippen LogP contribution in [0.15, 0.2) is 11.6 Å². The summed E-state index contributed by atoms with van der Waals surface area (Å²) in [6.07, 6.45) is 1.38. The van der Waals surface area contributed by atoms with Crippen LogP contribution in [0.25, 0.3) is 0 Å². The van der Waals surface area contributed by atoms with Crippen molar-refractivity contribution in [3.63, 3.8) is 0 Å². The number of ether oxygens (including phenoxy) is 1. The molecular weight excluding hydrogens is 190 g/mol. The maximum absolute atomic E-state index is 9.97. The summed E-state index contributed by atoms with van der Waals surface area (Å²) in [6, 6.07) is 0. The third-order valence-corrected chi connectivity index (χ3v) is 2.33. The van der Waals surface area contributed by atoms with Crippen LogP contribution >= 0.6 is 11.6 Å². The lowest BCUT2D eigenvalue weighted by Crippen LogP contribution is -2.45. The Bertz CT molecular complexity index is 178. The van der Waals surface area contributed by atoms with Crippen LogP contribution in [-0.4, -0.2) is 37.0 Å². The fourth-order valence-electron chi connectivity index (χ4n) is 1.36. The Hall–Kier alpha value is -0.0900. The SMILES string of the molecule is C=C(Cl)CNCC1(O)CCOCC1. The average Bonchev–Trinajstić information content (AvgIpc) is 2.04. The largest absolute Gasteiger partial charge is 0.388 e. The zero-order chi connectivity index (χ0) is 9.73. The first-order valence-corrected chi connectivity index (χ1v) is 4.84. The molecule has 0 aliphatic carbocycles. The summed E-state index contributed by atoms with van der Waals surface area (Å²) in [5.41, 5.74) is -0.620. The van der Waals surface area contributed by atoms with E-state index in [1.54, 1.807) is 0 Å². The van der Waals surface area contributed by atoms with E-state index in [4.69, 9.17) is 16.3 Å². The van der Waals surface area contributed by atoms with Crippen molar-refractivity contribution in [2.75, 3.05) is 26.3 Å². The highest BCUT2D eigenvalue weighted by molar-refractivity contribution is 6.29. The lowest BCUT2D eigenvalue weighted by Gasteiger charge is -2.32. The Morgan fingerprint density at radius 2 is 2.15 bits per heavy atom. The van der Waals surface area contributed by atoms with Crippen LogP contribution in [0.1, 0.15) is 12.8 Å². The predicted octanol–water partition coefficient (Wildman–Crippen LogP) is 0.870. The predicted molar refractivity (Wildman–Crippen MR) is 52.9 cm³/mol.